The van der Waals surface area contributed by atoms with Gasteiger partial charge in [0.05, 0.1) is 0 Å². The van der Waals surface area contributed by atoms with E-state index in [1.807, 2.05) is 12.3 Å². The molecule has 0 amide bonds. The van der Waals surface area contributed by atoms with Crippen LogP contribution in [0.1, 0.15) is 37.3 Å². The highest BCUT2D eigenvalue weighted by Crippen LogP contribution is 2.33. The number of rotatable bonds is 2. The van der Waals surface area contributed by atoms with Crippen molar-refractivity contribution in [1.29, 1.82) is 0 Å². The standard InChI is InChI=1S/C15H23N3/c1-2-8-17-15(3-1)13-4-6-14(7-5-13)18-11-9-16-10-12-18/h1-3,8,13-14,16H,4-7,9-12H2. The fourth-order valence-corrected chi connectivity index (χ4v) is 3.40. The molecule has 0 aromatic carbocycles. The van der Waals surface area contributed by atoms with Crippen LogP contribution in [0.4, 0.5) is 0 Å². The van der Waals surface area contributed by atoms with E-state index in [1.165, 1.54) is 57.6 Å². The molecule has 0 bridgehead atoms. The maximum Gasteiger partial charge on any atom is 0.0434 e. The summed E-state index contributed by atoms with van der Waals surface area (Å²) in [6, 6.07) is 7.14. The molecule has 1 aliphatic heterocycles. The summed E-state index contributed by atoms with van der Waals surface area (Å²) < 4.78 is 0. The lowest BCUT2D eigenvalue weighted by molar-refractivity contribution is 0.132. The van der Waals surface area contributed by atoms with Crippen molar-refractivity contribution in [2.75, 3.05) is 26.2 Å². The summed E-state index contributed by atoms with van der Waals surface area (Å²) in [7, 11) is 0. The number of nitrogens with zero attached hydrogens (tertiary/aromatic N) is 2. The minimum atomic E-state index is 0.699. The summed E-state index contributed by atoms with van der Waals surface area (Å²) in [5.41, 5.74) is 1.30. The van der Waals surface area contributed by atoms with Crippen molar-refractivity contribution >= 4 is 0 Å². The molecule has 0 unspecified atom stereocenters. The molecule has 1 N–H and O–H groups in total. The van der Waals surface area contributed by atoms with Crippen LogP contribution in [0.2, 0.25) is 0 Å². The molecule has 2 heterocycles. The van der Waals surface area contributed by atoms with Crippen molar-refractivity contribution in [3.05, 3.63) is 30.1 Å². The third-order valence-corrected chi connectivity index (χ3v) is 4.47. The summed E-state index contributed by atoms with van der Waals surface area (Å²) >= 11 is 0. The highest BCUT2D eigenvalue weighted by molar-refractivity contribution is 5.10. The first-order valence-electron chi connectivity index (χ1n) is 7.29. The van der Waals surface area contributed by atoms with Crippen LogP contribution in [-0.2, 0) is 0 Å². The lowest BCUT2D eigenvalue weighted by Crippen LogP contribution is -2.49. The largest absolute Gasteiger partial charge is 0.314 e. The van der Waals surface area contributed by atoms with Gasteiger partial charge in [-0.3, -0.25) is 9.88 Å². The Hall–Kier alpha value is -0.930. The van der Waals surface area contributed by atoms with Gasteiger partial charge in [0.25, 0.3) is 0 Å². The third kappa shape index (κ3) is 2.73. The number of hydrogen-bond acceptors (Lipinski definition) is 3. The summed E-state index contributed by atoms with van der Waals surface area (Å²) in [5.74, 6) is 0.699. The lowest BCUT2D eigenvalue weighted by atomic mass is 9.83. The molecule has 3 heteroatoms. The fraction of sp³-hybridized carbons (Fsp3) is 0.667. The normalized spacial score (nSPS) is 30.2. The van der Waals surface area contributed by atoms with Crippen LogP contribution in [0.15, 0.2) is 24.4 Å². The average molecular weight is 245 g/mol. The molecule has 3 rings (SSSR count). The molecule has 18 heavy (non-hydrogen) atoms. The Morgan fingerprint density at radius 1 is 1.06 bits per heavy atom. The maximum absolute atomic E-state index is 4.52. The van der Waals surface area contributed by atoms with Gasteiger partial charge in [0, 0.05) is 50.0 Å². The molecule has 0 spiro atoms. The van der Waals surface area contributed by atoms with Gasteiger partial charge >= 0.3 is 0 Å². The Balaban J connectivity index is 1.54. The van der Waals surface area contributed by atoms with Gasteiger partial charge in [-0.15, -0.1) is 0 Å². The second-order valence-electron chi connectivity index (χ2n) is 5.55. The molecule has 2 fully saturated rings. The zero-order valence-electron chi connectivity index (χ0n) is 11.0. The molecule has 1 saturated carbocycles. The van der Waals surface area contributed by atoms with Crippen LogP contribution < -0.4 is 5.32 Å². The Bertz CT molecular complexity index is 351. The molecule has 1 aromatic heterocycles. The Morgan fingerprint density at radius 2 is 1.83 bits per heavy atom. The number of nitrogens with one attached hydrogen (secondary N) is 1. The molecule has 1 aliphatic carbocycles. The summed E-state index contributed by atoms with van der Waals surface area (Å²) in [6.45, 7) is 4.80. The van der Waals surface area contributed by atoms with E-state index in [4.69, 9.17) is 0 Å². The Morgan fingerprint density at radius 3 is 2.50 bits per heavy atom. The van der Waals surface area contributed by atoms with E-state index in [1.54, 1.807) is 0 Å². The van der Waals surface area contributed by atoms with Gasteiger partial charge < -0.3 is 5.32 Å². The fourth-order valence-electron chi connectivity index (χ4n) is 3.40. The smallest absolute Gasteiger partial charge is 0.0434 e. The topological polar surface area (TPSA) is 28.2 Å². The second-order valence-corrected chi connectivity index (χ2v) is 5.55. The van der Waals surface area contributed by atoms with Crippen molar-refractivity contribution in [2.45, 2.75) is 37.6 Å². The summed E-state index contributed by atoms with van der Waals surface area (Å²) in [4.78, 5) is 7.20. The summed E-state index contributed by atoms with van der Waals surface area (Å²) in [6.07, 6.45) is 7.25. The van der Waals surface area contributed by atoms with Gasteiger partial charge in [-0.25, -0.2) is 0 Å². The number of hydrogen-bond donors (Lipinski definition) is 1. The first-order valence-corrected chi connectivity index (χ1v) is 7.29. The molecule has 1 aromatic rings. The van der Waals surface area contributed by atoms with E-state index in [9.17, 15) is 0 Å². The SMILES string of the molecule is c1ccc(C2CCC(N3CCNCC3)CC2)nc1. The van der Waals surface area contributed by atoms with E-state index >= 15 is 0 Å². The maximum atomic E-state index is 4.52. The van der Waals surface area contributed by atoms with E-state index in [0.717, 1.165) is 6.04 Å². The van der Waals surface area contributed by atoms with Crippen LogP contribution >= 0.6 is 0 Å². The summed E-state index contributed by atoms with van der Waals surface area (Å²) in [5, 5.41) is 3.44. The van der Waals surface area contributed by atoms with Crippen molar-refractivity contribution in [3.8, 4) is 0 Å². The minimum Gasteiger partial charge on any atom is -0.314 e. The van der Waals surface area contributed by atoms with Gasteiger partial charge in [-0.1, -0.05) is 6.07 Å². The van der Waals surface area contributed by atoms with Crippen LogP contribution in [0.5, 0.6) is 0 Å². The molecule has 0 radical (unpaired) electrons. The molecule has 0 atom stereocenters. The van der Waals surface area contributed by atoms with Crippen LogP contribution in [-0.4, -0.2) is 42.1 Å². The monoisotopic (exact) mass is 245 g/mol. The van der Waals surface area contributed by atoms with E-state index in [-0.39, 0.29) is 0 Å². The van der Waals surface area contributed by atoms with Gasteiger partial charge in [0.2, 0.25) is 0 Å². The molecular formula is C15H23N3. The Kier molecular flexibility index (Phi) is 3.91. The number of aromatic nitrogens is 1. The number of pyridine rings is 1. The molecule has 98 valence electrons. The average Bonchev–Trinajstić information content (AvgIpc) is 2.49. The van der Waals surface area contributed by atoms with Crippen molar-refractivity contribution < 1.29 is 0 Å². The predicted octanol–water partition coefficient (Wildman–Crippen LogP) is 2.01. The van der Waals surface area contributed by atoms with Gasteiger partial charge in [0.15, 0.2) is 0 Å². The molecule has 3 nitrogen and oxygen atoms in total. The molecule has 1 saturated heterocycles. The van der Waals surface area contributed by atoms with Crippen molar-refractivity contribution in [1.82, 2.24) is 15.2 Å². The molecule has 2 aliphatic rings. The predicted molar refractivity (Wildman–Crippen MR) is 73.7 cm³/mol. The minimum absolute atomic E-state index is 0.699. The van der Waals surface area contributed by atoms with Crippen LogP contribution in [0.3, 0.4) is 0 Å². The second kappa shape index (κ2) is 5.81. The highest BCUT2D eigenvalue weighted by atomic mass is 15.2. The van der Waals surface area contributed by atoms with E-state index in [2.05, 4.69) is 27.3 Å². The van der Waals surface area contributed by atoms with E-state index < -0.39 is 0 Å². The molecular weight excluding hydrogens is 222 g/mol. The number of piperazine rings is 1. The van der Waals surface area contributed by atoms with Crippen molar-refractivity contribution in [3.63, 3.8) is 0 Å². The highest BCUT2D eigenvalue weighted by Gasteiger charge is 2.27. The van der Waals surface area contributed by atoms with Gasteiger partial charge in [-0.2, -0.15) is 0 Å². The first-order chi connectivity index (χ1) is 8.93. The zero-order valence-corrected chi connectivity index (χ0v) is 11.0. The third-order valence-electron chi connectivity index (χ3n) is 4.47. The van der Waals surface area contributed by atoms with Gasteiger partial charge in [0.1, 0.15) is 0 Å². The lowest BCUT2D eigenvalue weighted by Gasteiger charge is -2.39. The van der Waals surface area contributed by atoms with Crippen LogP contribution in [0.25, 0.3) is 0 Å². The van der Waals surface area contributed by atoms with Gasteiger partial charge in [-0.05, 0) is 37.8 Å². The van der Waals surface area contributed by atoms with Crippen LogP contribution in [0, 0.1) is 0 Å². The Labute approximate surface area is 110 Å². The van der Waals surface area contributed by atoms with E-state index in [0.29, 0.717) is 5.92 Å². The zero-order chi connectivity index (χ0) is 12.2. The van der Waals surface area contributed by atoms with Crippen molar-refractivity contribution in [2.24, 2.45) is 0 Å². The first kappa shape index (κ1) is 12.1. The quantitative estimate of drug-likeness (QED) is 0.864.